The van der Waals surface area contributed by atoms with Gasteiger partial charge in [0.15, 0.2) is 0 Å². The number of ether oxygens (including phenoxy) is 2. The van der Waals surface area contributed by atoms with Crippen molar-refractivity contribution in [2.75, 3.05) is 39.1 Å². The minimum Gasteiger partial charge on any atom is -0.453 e. The summed E-state index contributed by atoms with van der Waals surface area (Å²) in [6.07, 6.45) is 3.57. The fraction of sp³-hybridized carbons (Fsp3) is 0.824. The number of rotatable bonds is 6. The van der Waals surface area contributed by atoms with E-state index in [4.69, 9.17) is 20.9 Å². The van der Waals surface area contributed by atoms with Crippen molar-refractivity contribution in [1.82, 2.24) is 9.80 Å². The number of nitrogens with two attached hydrogens (primary N) is 2. The quantitative estimate of drug-likeness (QED) is 0.730. The minimum absolute atomic E-state index is 0.0578. The molecule has 2 unspecified atom stereocenters. The molecule has 0 saturated carbocycles. The Morgan fingerprint density at radius 2 is 2.00 bits per heavy atom. The molecule has 0 aromatic carbocycles. The normalized spacial score (nSPS) is 26.0. The van der Waals surface area contributed by atoms with Crippen LogP contribution < -0.4 is 11.5 Å². The summed E-state index contributed by atoms with van der Waals surface area (Å²) in [6.45, 7) is 5.06. The predicted octanol–water partition coefficient (Wildman–Crippen LogP) is 1.54. The molecule has 25 heavy (non-hydrogen) atoms. The highest BCUT2D eigenvalue weighted by Crippen LogP contribution is 2.21. The van der Waals surface area contributed by atoms with Crippen LogP contribution in [0.2, 0.25) is 0 Å². The Kier molecular flexibility index (Phi) is 8.18. The number of hydrogen-bond acceptors (Lipinski definition) is 7. The van der Waals surface area contributed by atoms with Gasteiger partial charge in [0.2, 0.25) is 0 Å². The zero-order valence-corrected chi connectivity index (χ0v) is 16.2. The predicted molar refractivity (Wildman–Crippen MR) is 101 cm³/mol. The Morgan fingerprint density at radius 1 is 1.28 bits per heavy atom. The van der Waals surface area contributed by atoms with E-state index in [9.17, 15) is 4.79 Å². The maximum absolute atomic E-state index is 11.9. The Morgan fingerprint density at radius 3 is 2.64 bits per heavy atom. The van der Waals surface area contributed by atoms with E-state index in [-0.39, 0.29) is 24.3 Å². The smallest absolute Gasteiger partial charge is 0.409 e. The molecule has 0 radical (unpaired) electrons. The molecule has 144 valence electrons. The van der Waals surface area contributed by atoms with E-state index in [2.05, 4.69) is 11.8 Å². The molecule has 2 heterocycles. The van der Waals surface area contributed by atoms with E-state index in [1.807, 2.05) is 5.41 Å². The average Bonchev–Trinajstić information content (AvgIpc) is 2.64. The van der Waals surface area contributed by atoms with Gasteiger partial charge in [0.25, 0.3) is 0 Å². The van der Waals surface area contributed by atoms with Crippen LogP contribution in [-0.2, 0) is 9.47 Å². The van der Waals surface area contributed by atoms with Crippen molar-refractivity contribution in [3.05, 3.63) is 11.2 Å². The molecule has 2 aliphatic rings. The molecular formula is C17H32N4O3S. The van der Waals surface area contributed by atoms with Gasteiger partial charge in [-0.05, 0) is 31.4 Å². The maximum atomic E-state index is 11.9. The standard InChI is InChI=1S/C17H32N4O3S/c1-3-25-12-16(19)20-9-6-13(7-10-20)24-11-15-14(18)5-4-8-21(15)17(22)23-2/h12-15H,3-11,18-19H2,1-2H3/b16-12+. The van der Waals surface area contributed by atoms with Crippen LogP contribution in [0.1, 0.15) is 32.6 Å². The Bertz CT molecular complexity index is 455. The minimum atomic E-state index is -0.315. The average molecular weight is 373 g/mol. The Labute approximate surface area is 155 Å². The van der Waals surface area contributed by atoms with Crippen molar-refractivity contribution >= 4 is 17.9 Å². The maximum Gasteiger partial charge on any atom is 0.409 e. The van der Waals surface area contributed by atoms with E-state index in [0.717, 1.165) is 50.3 Å². The van der Waals surface area contributed by atoms with Gasteiger partial charge in [0.05, 0.1) is 25.9 Å². The fourth-order valence-electron chi connectivity index (χ4n) is 3.40. The second-order valence-corrected chi connectivity index (χ2v) is 7.70. The van der Waals surface area contributed by atoms with Crippen molar-refractivity contribution in [1.29, 1.82) is 0 Å². The fourth-order valence-corrected chi connectivity index (χ4v) is 3.89. The van der Waals surface area contributed by atoms with Gasteiger partial charge in [0, 0.05) is 31.1 Å². The number of carbonyl (C=O) groups excluding carboxylic acids is 1. The molecule has 2 fully saturated rings. The summed E-state index contributed by atoms with van der Waals surface area (Å²) in [5, 5.41) is 2.02. The highest BCUT2D eigenvalue weighted by atomic mass is 32.2. The van der Waals surface area contributed by atoms with Gasteiger partial charge in [-0.1, -0.05) is 6.92 Å². The first-order valence-corrected chi connectivity index (χ1v) is 10.2. The highest BCUT2D eigenvalue weighted by molar-refractivity contribution is 8.02. The highest BCUT2D eigenvalue weighted by Gasteiger charge is 2.34. The molecule has 0 aromatic heterocycles. The van der Waals surface area contributed by atoms with Crippen molar-refractivity contribution < 1.29 is 14.3 Å². The van der Waals surface area contributed by atoms with Crippen LogP contribution in [0.4, 0.5) is 4.79 Å². The first-order chi connectivity index (χ1) is 12.1. The van der Waals surface area contributed by atoms with Gasteiger partial charge < -0.3 is 30.7 Å². The van der Waals surface area contributed by atoms with Crippen LogP contribution in [0.15, 0.2) is 11.2 Å². The van der Waals surface area contributed by atoms with Gasteiger partial charge in [-0.15, -0.1) is 11.8 Å². The summed E-state index contributed by atoms with van der Waals surface area (Å²) in [5.41, 5.74) is 12.3. The molecule has 2 saturated heterocycles. The molecule has 2 atom stereocenters. The van der Waals surface area contributed by atoms with Gasteiger partial charge >= 0.3 is 6.09 Å². The van der Waals surface area contributed by atoms with Crippen molar-refractivity contribution in [2.45, 2.75) is 50.8 Å². The van der Waals surface area contributed by atoms with Gasteiger partial charge in [0.1, 0.15) is 5.82 Å². The topological polar surface area (TPSA) is 94.0 Å². The largest absolute Gasteiger partial charge is 0.453 e. The molecule has 0 aromatic rings. The zero-order valence-electron chi connectivity index (χ0n) is 15.4. The first-order valence-electron chi connectivity index (χ1n) is 9.10. The van der Waals surface area contributed by atoms with E-state index in [0.29, 0.717) is 13.2 Å². The molecule has 1 amide bonds. The number of methoxy groups -OCH3 is 1. The second-order valence-electron chi connectivity index (χ2n) is 6.55. The lowest BCUT2D eigenvalue weighted by atomic mass is 9.98. The third-order valence-corrected chi connectivity index (χ3v) is 5.66. The van der Waals surface area contributed by atoms with Gasteiger partial charge in [-0.25, -0.2) is 4.79 Å². The number of carbonyl (C=O) groups is 1. The van der Waals surface area contributed by atoms with Crippen molar-refractivity contribution in [2.24, 2.45) is 11.5 Å². The lowest BCUT2D eigenvalue weighted by molar-refractivity contribution is -0.0283. The van der Waals surface area contributed by atoms with Gasteiger partial charge in [-0.3, -0.25) is 0 Å². The molecule has 7 nitrogen and oxygen atoms in total. The monoisotopic (exact) mass is 372 g/mol. The molecule has 0 spiro atoms. The van der Waals surface area contributed by atoms with Crippen LogP contribution in [0.25, 0.3) is 0 Å². The Balaban J connectivity index is 1.80. The Hall–Kier alpha value is -1.12. The number of nitrogens with zero attached hydrogens (tertiary/aromatic N) is 2. The number of likely N-dealkylation sites (tertiary alicyclic amines) is 2. The lowest BCUT2D eigenvalue weighted by Crippen LogP contribution is -2.56. The van der Waals surface area contributed by atoms with E-state index in [1.54, 1.807) is 16.7 Å². The number of amides is 1. The number of thioether (sulfide) groups is 1. The summed E-state index contributed by atoms with van der Waals surface area (Å²) in [7, 11) is 1.41. The molecule has 0 aliphatic carbocycles. The summed E-state index contributed by atoms with van der Waals surface area (Å²) in [5.74, 6) is 1.87. The summed E-state index contributed by atoms with van der Waals surface area (Å²) < 4.78 is 11.0. The summed E-state index contributed by atoms with van der Waals surface area (Å²) in [6, 6.07) is -0.164. The van der Waals surface area contributed by atoms with Crippen LogP contribution >= 0.6 is 11.8 Å². The number of hydrogen-bond donors (Lipinski definition) is 2. The SMILES string of the molecule is CCS/C=C(\N)N1CCC(OCC2C(N)CCCN2C(=O)OC)CC1. The lowest BCUT2D eigenvalue weighted by Gasteiger charge is -2.40. The molecular weight excluding hydrogens is 340 g/mol. The number of piperidine rings is 2. The van der Waals surface area contributed by atoms with Crippen molar-refractivity contribution in [3.8, 4) is 0 Å². The molecule has 2 aliphatic heterocycles. The first kappa shape index (κ1) is 20.2. The third-order valence-electron chi connectivity index (χ3n) is 4.92. The molecule has 0 bridgehead atoms. The zero-order chi connectivity index (χ0) is 18.2. The van der Waals surface area contributed by atoms with E-state index >= 15 is 0 Å². The van der Waals surface area contributed by atoms with E-state index < -0.39 is 0 Å². The van der Waals surface area contributed by atoms with Gasteiger partial charge in [-0.2, -0.15) is 0 Å². The molecule has 8 heteroatoms. The van der Waals surface area contributed by atoms with Crippen LogP contribution in [-0.4, -0.2) is 73.2 Å². The summed E-state index contributed by atoms with van der Waals surface area (Å²) >= 11 is 1.72. The van der Waals surface area contributed by atoms with Crippen LogP contribution in [0.5, 0.6) is 0 Å². The van der Waals surface area contributed by atoms with Crippen molar-refractivity contribution in [3.63, 3.8) is 0 Å². The van der Waals surface area contributed by atoms with E-state index in [1.165, 1.54) is 7.11 Å². The van der Waals surface area contributed by atoms with Crippen LogP contribution in [0, 0.1) is 0 Å². The summed E-state index contributed by atoms with van der Waals surface area (Å²) in [4.78, 5) is 15.9. The van der Waals surface area contributed by atoms with Crippen LogP contribution in [0.3, 0.4) is 0 Å². The molecule has 4 N–H and O–H groups in total. The molecule has 2 rings (SSSR count). The second kappa shape index (κ2) is 10.1. The third kappa shape index (κ3) is 5.69.